The van der Waals surface area contributed by atoms with Crippen molar-refractivity contribution in [1.29, 1.82) is 0 Å². The topological polar surface area (TPSA) is 231 Å². The predicted molar refractivity (Wildman–Crippen MR) is 261 cm³/mol. The lowest BCUT2D eigenvalue weighted by Crippen LogP contribution is -2.61. The van der Waals surface area contributed by atoms with Gasteiger partial charge < -0.3 is 64.2 Å². The van der Waals surface area contributed by atoms with Crippen LogP contribution in [0.15, 0.2) is 12.2 Å². The first-order valence-electron chi connectivity index (χ1n) is 27.3. The number of esters is 2. The van der Waals surface area contributed by atoms with Crippen molar-refractivity contribution in [3.05, 3.63) is 12.2 Å². The highest BCUT2D eigenvalue weighted by molar-refractivity contribution is 5.70. The molecule has 0 spiro atoms. The second-order valence-electron chi connectivity index (χ2n) is 19.4. The molecule has 0 radical (unpaired) electrons. The van der Waals surface area contributed by atoms with Crippen molar-refractivity contribution in [3.8, 4) is 0 Å². The third-order valence-corrected chi connectivity index (χ3v) is 13.2. The van der Waals surface area contributed by atoms with Crippen LogP contribution in [0, 0.1) is 0 Å². The normalized spacial score (nSPS) is 25.8. The molecule has 0 aliphatic carbocycles. The molecule has 0 bridgehead atoms. The molecule has 0 saturated carbocycles. The van der Waals surface area contributed by atoms with Gasteiger partial charge in [0.05, 0.1) is 19.8 Å². The largest absolute Gasteiger partial charge is 0.462 e. The third kappa shape index (κ3) is 28.3. The van der Waals surface area contributed by atoms with Gasteiger partial charge in [0.2, 0.25) is 0 Å². The lowest BCUT2D eigenvalue weighted by atomic mass is 9.98. The molecule has 2 aliphatic rings. The van der Waals surface area contributed by atoms with Crippen LogP contribution in [0.3, 0.4) is 0 Å². The Balaban J connectivity index is 1.75. The van der Waals surface area contributed by atoms with E-state index in [1.165, 1.54) is 141 Å². The summed E-state index contributed by atoms with van der Waals surface area (Å²) in [5.41, 5.74) is 0. The van der Waals surface area contributed by atoms with Gasteiger partial charge in [-0.1, -0.05) is 180 Å². The van der Waals surface area contributed by atoms with Crippen molar-refractivity contribution in [2.24, 2.45) is 0 Å². The Labute approximate surface area is 410 Å². The lowest BCUT2D eigenvalue weighted by Gasteiger charge is -2.42. The van der Waals surface area contributed by atoms with E-state index in [-0.39, 0.29) is 26.1 Å². The molecule has 2 saturated heterocycles. The molecule has 0 amide bonds. The minimum absolute atomic E-state index is 0.169. The molecule has 15 nitrogen and oxygen atoms in total. The zero-order valence-corrected chi connectivity index (χ0v) is 42.4. The Kier molecular flexibility index (Phi) is 37.4. The Morgan fingerprint density at radius 3 is 1.29 bits per heavy atom. The maximum Gasteiger partial charge on any atom is 0.306 e. The fraction of sp³-hybridized carbons (Fsp3) is 0.925. The molecule has 7 N–H and O–H groups in total. The molecule has 2 heterocycles. The zero-order valence-electron chi connectivity index (χ0n) is 42.4. The van der Waals surface area contributed by atoms with E-state index >= 15 is 0 Å². The zero-order chi connectivity index (χ0) is 49.6. The maximum atomic E-state index is 13.0. The Morgan fingerprint density at radius 1 is 0.456 bits per heavy atom. The number of carbonyl (C=O) groups is 2. The van der Waals surface area contributed by atoms with Gasteiger partial charge in [0.1, 0.15) is 55.4 Å². The van der Waals surface area contributed by atoms with Gasteiger partial charge in [-0.2, -0.15) is 0 Å². The van der Waals surface area contributed by atoms with Gasteiger partial charge in [-0.05, 0) is 38.5 Å². The number of hydrogen-bond donors (Lipinski definition) is 7. The Morgan fingerprint density at radius 2 is 0.838 bits per heavy atom. The number of ether oxygens (including phenoxy) is 6. The van der Waals surface area contributed by atoms with Gasteiger partial charge in [-0.15, -0.1) is 0 Å². The molecule has 0 aromatic rings. The van der Waals surface area contributed by atoms with Crippen LogP contribution in [-0.2, 0) is 38.0 Å². The highest BCUT2D eigenvalue weighted by Gasteiger charge is 2.47. The number of unbranched alkanes of at least 4 members (excludes halogenated alkanes) is 27. The average molecular weight is 975 g/mol. The predicted octanol–water partition coefficient (Wildman–Crippen LogP) is 8.16. The molecule has 11 atom stereocenters. The fourth-order valence-corrected chi connectivity index (χ4v) is 8.74. The summed E-state index contributed by atoms with van der Waals surface area (Å²) in [4.78, 5) is 25.8. The van der Waals surface area contributed by atoms with Crippen LogP contribution < -0.4 is 0 Å². The van der Waals surface area contributed by atoms with E-state index in [9.17, 15) is 45.3 Å². The highest BCUT2D eigenvalue weighted by atomic mass is 16.7. The van der Waals surface area contributed by atoms with Crippen molar-refractivity contribution in [3.63, 3.8) is 0 Å². The monoisotopic (exact) mass is 975 g/mol. The molecule has 400 valence electrons. The molecule has 4 unspecified atom stereocenters. The lowest BCUT2D eigenvalue weighted by molar-refractivity contribution is -0.332. The summed E-state index contributed by atoms with van der Waals surface area (Å²) in [5.74, 6) is -0.915. The Bertz CT molecular complexity index is 1240. The van der Waals surface area contributed by atoms with Crippen LogP contribution in [-0.4, -0.2) is 142 Å². The van der Waals surface area contributed by atoms with Crippen LogP contribution in [0.2, 0.25) is 0 Å². The van der Waals surface area contributed by atoms with Crippen LogP contribution in [0.5, 0.6) is 0 Å². The van der Waals surface area contributed by atoms with Crippen molar-refractivity contribution in [1.82, 2.24) is 0 Å². The van der Waals surface area contributed by atoms with Crippen molar-refractivity contribution in [2.75, 3.05) is 26.4 Å². The van der Waals surface area contributed by atoms with Crippen molar-refractivity contribution < 1.29 is 73.8 Å². The first kappa shape index (κ1) is 62.4. The van der Waals surface area contributed by atoms with E-state index in [2.05, 4.69) is 26.0 Å². The minimum Gasteiger partial charge on any atom is -0.462 e. The number of aliphatic hydroxyl groups excluding tert-OH is 7. The standard InChI is InChI=1S/C53H98O15/c1-3-5-7-9-11-13-15-16-17-18-19-20-21-22-23-24-26-28-30-32-34-36-45(56)66-41(38-63-44(55)35-33-31-29-27-25-14-12-10-8-6-4-2)39-64-52-51(62)49(60)47(58)43(68-52)40-65-53-50(61)48(59)46(57)42(37-54)67-53/h16-17,41-43,46-54,57-62H,3-15,18-40H2,1-2H3/b17-16+/t41-,42+,43+,46-,47-,48?,49?,50?,51?,52+,53+/m1/s1. The highest BCUT2D eigenvalue weighted by Crippen LogP contribution is 2.27. The van der Waals surface area contributed by atoms with Gasteiger partial charge in [-0.3, -0.25) is 9.59 Å². The van der Waals surface area contributed by atoms with Crippen LogP contribution in [0.4, 0.5) is 0 Å². The fourth-order valence-electron chi connectivity index (χ4n) is 8.74. The molecule has 0 aromatic heterocycles. The van der Waals surface area contributed by atoms with E-state index in [4.69, 9.17) is 28.4 Å². The quantitative estimate of drug-likeness (QED) is 0.0174. The molecule has 2 fully saturated rings. The first-order chi connectivity index (χ1) is 33.0. The summed E-state index contributed by atoms with van der Waals surface area (Å²) in [6, 6.07) is 0. The number of allylic oxidation sites excluding steroid dienone is 2. The summed E-state index contributed by atoms with van der Waals surface area (Å²) in [6.45, 7) is 2.60. The molecule has 0 aromatic carbocycles. The third-order valence-electron chi connectivity index (χ3n) is 13.2. The van der Waals surface area contributed by atoms with E-state index < -0.39 is 92.7 Å². The summed E-state index contributed by atoms with van der Waals surface area (Å²) >= 11 is 0. The van der Waals surface area contributed by atoms with E-state index in [0.717, 1.165) is 38.5 Å². The van der Waals surface area contributed by atoms with Crippen LogP contribution in [0.1, 0.15) is 219 Å². The molecule has 2 rings (SSSR count). The number of hydrogen-bond acceptors (Lipinski definition) is 15. The van der Waals surface area contributed by atoms with Crippen molar-refractivity contribution in [2.45, 2.75) is 287 Å². The van der Waals surface area contributed by atoms with Crippen LogP contribution >= 0.6 is 0 Å². The summed E-state index contributed by atoms with van der Waals surface area (Å²) < 4.78 is 33.6. The molecule has 15 heteroatoms. The summed E-state index contributed by atoms with van der Waals surface area (Å²) in [5, 5.41) is 72.1. The van der Waals surface area contributed by atoms with Gasteiger partial charge >= 0.3 is 11.9 Å². The molecule has 2 aliphatic heterocycles. The van der Waals surface area contributed by atoms with Gasteiger partial charge in [0.15, 0.2) is 18.7 Å². The second-order valence-corrected chi connectivity index (χ2v) is 19.4. The van der Waals surface area contributed by atoms with Crippen LogP contribution in [0.25, 0.3) is 0 Å². The minimum atomic E-state index is -1.76. The number of aliphatic hydroxyl groups is 7. The van der Waals surface area contributed by atoms with E-state index in [0.29, 0.717) is 12.8 Å². The molecular weight excluding hydrogens is 877 g/mol. The number of carbonyl (C=O) groups excluding carboxylic acids is 2. The molecular formula is C53H98O15. The van der Waals surface area contributed by atoms with E-state index in [1.54, 1.807) is 0 Å². The number of rotatable bonds is 43. The van der Waals surface area contributed by atoms with Crippen molar-refractivity contribution >= 4 is 11.9 Å². The van der Waals surface area contributed by atoms with E-state index in [1.807, 2.05) is 0 Å². The average Bonchev–Trinajstić information content (AvgIpc) is 3.33. The summed E-state index contributed by atoms with van der Waals surface area (Å²) in [6.07, 6.45) is 23.9. The Hall–Kier alpha value is -1.76. The second kappa shape index (κ2) is 40.8. The van der Waals surface area contributed by atoms with Gasteiger partial charge in [0.25, 0.3) is 0 Å². The van der Waals surface area contributed by atoms with Gasteiger partial charge in [-0.25, -0.2) is 0 Å². The maximum absolute atomic E-state index is 13.0. The van der Waals surface area contributed by atoms with Gasteiger partial charge in [0, 0.05) is 12.8 Å². The first-order valence-corrected chi connectivity index (χ1v) is 27.3. The molecule has 68 heavy (non-hydrogen) atoms. The SMILES string of the molecule is CCCCCCCC/C=C/CCCCCCCCCCCCCC(=O)O[C@H](COC(=O)CCCCCCCCCCCCC)CO[C@H]1O[C@@H](CO[C@H]2O[C@@H](CO)[C@@H](O)C(O)C2O)[C@@H](O)C(O)C1O. The summed E-state index contributed by atoms with van der Waals surface area (Å²) in [7, 11) is 0. The smallest absolute Gasteiger partial charge is 0.306 e.